The Morgan fingerprint density at radius 3 is 2.62 bits per heavy atom. The van der Waals surface area contributed by atoms with E-state index in [4.69, 9.17) is 0 Å². The second kappa shape index (κ2) is 7.23. The van der Waals surface area contributed by atoms with E-state index in [2.05, 4.69) is 26.2 Å². The summed E-state index contributed by atoms with van der Waals surface area (Å²) in [4.78, 5) is 9.79. The highest BCUT2D eigenvalue weighted by molar-refractivity contribution is 5.42. The van der Waals surface area contributed by atoms with Crippen molar-refractivity contribution in [2.75, 3.05) is 38.5 Å². The molecule has 1 N–H and O–H groups in total. The zero-order valence-electron chi connectivity index (χ0n) is 13.2. The molecule has 0 saturated carbocycles. The van der Waals surface area contributed by atoms with Gasteiger partial charge in [-0.3, -0.25) is 9.88 Å². The van der Waals surface area contributed by atoms with E-state index in [1.807, 2.05) is 19.3 Å². The van der Waals surface area contributed by atoms with Gasteiger partial charge in [0.15, 0.2) is 0 Å². The Bertz CT molecular complexity index is 434. The minimum absolute atomic E-state index is 0.832. The van der Waals surface area contributed by atoms with Gasteiger partial charge in [0, 0.05) is 44.6 Å². The van der Waals surface area contributed by atoms with E-state index in [0.29, 0.717) is 0 Å². The summed E-state index contributed by atoms with van der Waals surface area (Å²) in [5.41, 5.74) is 2.33. The molecule has 2 aliphatic heterocycles. The lowest BCUT2D eigenvalue weighted by atomic mass is 10.00. The molecule has 0 aromatic carbocycles. The quantitative estimate of drug-likeness (QED) is 0.923. The van der Waals surface area contributed by atoms with Crippen LogP contribution >= 0.6 is 0 Å². The molecular formula is C17H28N4. The van der Waals surface area contributed by atoms with Crippen LogP contribution < -0.4 is 5.32 Å². The van der Waals surface area contributed by atoms with Gasteiger partial charge in [0.05, 0.1) is 5.69 Å². The Kier molecular flexibility index (Phi) is 5.09. The fourth-order valence-electron chi connectivity index (χ4n) is 3.68. The topological polar surface area (TPSA) is 31.4 Å². The van der Waals surface area contributed by atoms with Crippen molar-refractivity contribution in [2.45, 2.75) is 44.7 Å². The first-order valence-corrected chi connectivity index (χ1v) is 8.44. The highest BCUT2D eigenvalue weighted by Gasteiger charge is 2.25. The summed E-state index contributed by atoms with van der Waals surface area (Å²) in [6.45, 7) is 6.08. The van der Waals surface area contributed by atoms with Gasteiger partial charge in [0.2, 0.25) is 0 Å². The van der Waals surface area contributed by atoms with Crippen molar-refractivity contribution in [1.82, 2.24) is 14.8 Å². The zero-order valence-corrected chi connectivity index (χ0v) is 13.2. The zero-order chi connectivity index (χ0) is 14.5. The third-order valence-corrected chi connectivity index (χ3v) is 4.95. The number of aromatic nitrogens is 1. The Morgan fingerprint density at radius 1 is 1.14 bits per heavy atom. The normalized spacial score (nSPS) is 22.3. The summed E-state index contributed by atoms with van der Waals surface area (Å²) in [6, 6.07) is 5.01. The van der Waals surface area contributed by atoms with Crippen LogP contribution in [0.15, 0.2) is 18.3 Å². The Labute approximate surface area is 128 Å². The van der Waals surface area contributed by atoms with Gasteiger partial charge in [-0.25, -0.2) is 0 Å². The lowest BCUT2D eigenvalue weighted by Crippen LogP contribution is -2.46. The van der Waals surface area contributed by atoms with Crippen LogP contribution in [0.25, 0.3) is 0 Å². The predicted octanol–water partition coefficient (Wildman–Crippen LogP) is 2.57. The number of hydrogen-bond acceptors (Lipinski definition) is 4. The molecule has 0 unspecified atom stereocenters. The fourth-order valence-corrected chi connectivity index (χ4v) is 3.68. The monoisotopic (exact) mass is 288 g/mol. The molecule has 0 amide bonds. The number of hydrogen-bond donors (Lipinski definition) is 1. The molecule has 0 aliphatic carbocycles. The van der Waals surface area contributed by atoms with Gasteiger partial charge in [-0.1, -0.05) is 6.42 Å². The van der Waals surface area contributed by atoms with E-state index in [0.717, 1.165) is 18.3 Å². The average Bonchev–Trinajstić information content (AvgIpc) is 2.56. The van der Waals surface area contributed by atoms with Gasteiger partial charge >= 0.3 is 0 Å². The summed E-state index contributed by atoms with van der Waals surface area (Å²) in [7, 11) is 1.96. The third kappa shape index (κ3) is 3.95. The van der Waals surface area contributed by atoms with Crippen molar-refractivity contribution in [1.29, 1.82) is 0 Å². The number of rotatable bonds is 4. The molecule has 1 aromatic rings. The predicted molar refractivity (Wildman–Crippen MR) is 87.5 cm³/mol. The lowest BCUT2D eigenvalue weighted by Gasteiger charge is -2.40. The maximum absolute atomic E-state index is 4.50. The third-order valence-electron chi connectivity index (χ3n) is 4.95. The van der Waals surface area contributed by atoms with Crippen molar-refractivity contribution in [2.24, 2.45) is 0 Å². The second-order valence-corrected chi connectivity index (χ2v) is 6.39. The van der Waals surface area contributed by atoms with Gasteiger partial charge in [-0.2, -0.15) is 0 Å². The van der Waals surface area contributed by atoms with Crippen molar-refractivity contribution in [3.05, 3.63) is 24.0 Å². The first kappa shape index (κ1) is 14.8. The van der Waals surface area contributed by atoms with Crippen LogP contribution in [-0.2, 0) is 6.54 Å². The number of nitrogens with one attached hydrogen (secondary N) is 1. The number of likely N-dealkylation sites (tertiary alicyclic amines) is 2. The summed E-state index contributed by atoms with van der Waals surface area (Å²) in [5, 5.41) is 3.19. The highest BCUT2D eigenvalue weighted by atomic mass is 15.2. The molecule has 4 heteroatoms. The van der Waals surface area contributed by atoms with Crippen LogP contribution in [0.2, 0.25) is 0 Å². The standard InChI is InChI=1S/C17H28N4/c1-18-15-5-8-19-16(13-15)14-20-11-6-17(7-12-20)21-9-3-2-4-10-21/h5,8,13,17H,2-4,6-7,9-12,14H2,1H3,(H,18,19). The first-order chi connectivity index (χ1) is 10.3. The maximum Gasteiger partial charge on any atom is 0.0564 e. The van der Waals surface area contributed by atoms with E-state index >= 15 is 0 Å². The number of anilines is 1. The van der Waals surface area contributed by atoms with E-state index in [9.17, 15) is 0 Å². The molecule has 1 aromatic heterocycles. The SMILES string of the molecule is CNc1ccnc(CN2CCC(N3CCCCC3)CC2)c1. The number of pyridine rings is 1. The van der Waals surface area contributed by atoms with Crippen LogP contribution in [0.4, 0.5) is 5.69 Å². The van der Waals surface area contributed by atoms with Gasteiger partial charge < -0.3 is 10.2 Å². The molecule has 2 aliphatic rings. The Morgan fingerprint density at radius 2 is 1.90 bits per heavy atom. The van der Waals surface area contributed by atoms with E-state index in [-0.39, 0.29) is 0 Å². The van der Waals surface area contributed by atoms with Gasteiger partial charge in [0.1, 0.15) is 0 Å². The molecule has 2 fully saturated rings. The molecule has 116 valence electrons. The largest absolute Gasteiger partial charge is 0.388 e. The Balaban J connectivity index is 1.48. The average molecular weight is 288 g/mol. The van der Waals surface area contributed by atoms with Crippen LogP contribution in [0, 0.1) is 0 Å². The minimum Gasteiger partial charge on any atom is -0.388 e. The van der Waals surface area contributed by atoms with Crippen molar-refractivity contribution in [3.63, 3.8) is 0 Å². The minimum atomic E-state index is 0.832. The van der Waals surface area contributed by atoms with Crippen LogP contribution in [0.5, 0.6) is 0 Å². The smallest absolute Gasteiger partial charge is 0.0564 e. The molecule has 0 bridgehead atoms. The molecule has 0 spiro atoms. The van der Waals surface area contributed by atoms with Crippen LogP contribution in [0.1, 0.15) is 37.8 Å². The van der Waals surface area contributed by atoms with Crippen LogP contribution in [-0.4, -0.2) is 54.1 Å². The number of piperidine rings is 2. The lowest BCUT2D eigenvalue weighted by molar-refractivity contribution is 0.0891. The van der Waals surface area contributed by atoms with Crippen molar-refractivity contribution in [3.8, 4) is 0 Å². The Hall–Kier alpha value is -1.13. The van der Waals surface area contributed by atoms with E-state index in [1.165, 1.54) is 64.0 Å². The molecule has 0 atom stereocenters. The molecule has 3 rings (SSSR count). The molecule has 4 nitrogen and oxygen atoms in total. The highest BCUT2D eigenvalue weighted by Crippen LogP contribution is 2.21. The summed E-state index contributed by atoms with van der Waals surface area (Å²) < 4.78 is 0. The molecule has 0 radical (unpaired) electrons. The van der Waals surface area contributed by atoms with Crippen molar-refractivity contribution < 1.29 is 0 Å². The molecule has 3 heterocycles. The van der Waals surface area contributed by atoms with Gasteiger partial charge in [0.25, 0.3) is 0 Å². The van der Waals surface area contributed by atoms with Gasteiger partial charge in [-0.15, -0.1) is 0 Å². The summed E-state index contributed by atoms with van der Waals surface area (Å²) >= 11 is 0. The van der Waals surface area contributed by atoms with Crippen molar-refractivity contribution >= 4 is 5.69 Å². The first-order valence-electron chi connectivity index (χ1n) is 8.44. The fraction of sp³-hybridized carbons (Fsp3) is 0.706. The number of nitrogens with zero attached hydrogens (tertiary/aromatic N) is 3. The second-order valence-electron chi connectivity index (χ2n) is 6.39. The summed E-state index contributed by atoms with van der Waals surface area (Å²) in [5.74, 6) is 0. The molecule has 2 saturated heterocycles. The van der Waals surface area contributed by atoms with Crippen LogP contribution in [0.3, 0.4) is 0 Å². The maximum atomic E-state index is 4.50. The summed E-state index contributed by atoms with van der Waals surface area (Å²) in [6.07, 6.45) is 8.80. The molecule has 21 heavy (non-hydrogen) atoms. The van der Waals surface area contributed by atoms with E-state index < -0.39 is 0 Å². The van der Waals surface area contributed by atoms with Gasteiger partial charge in [-0.05, 0) is 50.9 Å². The van der Waals surface area contributed by atoms with E-state index in [1.54, 1.807) is 0 Å². The molecular weight excluding hydrogens is 260 g/mol.